The first-order valence-corrected chi connectivity index (χ1v) is 14.1. The van der Waals surface area contributed by atoms with Crippen LogP contribution in [-0.2, 0) is 32.5 Å². The van der Waals surface area contributed by atoms with Gasteiger partial charge < -0.3 is 23.7 Å². The third-order valence-corrected chi connectivity index (χ3v) is 8.90. The average Bonchev–Trinajstić information content (AvgIpc) is 3.35. The molecule has 1 amide bonds. The number of nitrogens with zero attached hydrogens (tertiary/aromatic N) is 2. The number of benzene rings is 2. The van der Waals surface area contributed by atoms with Crippen LogP contribution >= 0.6 is 0 Å². The first-order chi connectivity index (χ1) is 18.2. The molecule has 38 heavy (non-hydrogen) atoms. The molecule has 0 spiro atoms. The van der Waals surface area contributed by atoms with Gasteiger partial charge in [0.15, 0.2) is 0 Å². The van der Waals surface area contributed by atoms with Gasteiger partial charge in [-0.3, -0.25) is 4.79 Å². The zero-order valence-corrected chi connectivity index (χ0v) is 23.1. The van der Waals surface area contributed by atoms with Crippen LogP contribution in [0.4, 0.5) is 8.78 Å². The van der Waals surface area contributed by atoms with E-state index in [1.54, 1.807) is 18.1 Å². The van der Waals surface area contributed by atoms with E-state index in [-0.39, 0.29) is 29.8 Å². The lowest BCUT2D eigenvalue weighted by Gasteiger charge is -2.33. The highest BCUT2D eigenvalue weighted by atomic mass is 32.2. The molecule has 0 aliphatic carbocycles. The third kappa shape index (κ3) is 5.99. The molecule has 0 radical (unpaired) electrons. The van der Waals surface area contributed by atoms with Crippen molar-refractivity contribution in [3.8, 4) is 5.75 Å². The highest BCUT2D eigenvalue weighted by Crippen LogP contribution is 2.39. The van der Waals surface area contributed by atoms with E-state index in [4.69, 9.17) is 14.2 Å². The fourth-order valence-electron chi connectivity index (χ4n) is 5.13. The second-order valence-corrected chi connectivity index (χ2v) is 11.4. The summed E-state index contributed by atoms with van der Waals surface area (Å²) in [7, 11) is 3.01. The topological polar surface area (TPSA) is 74.3 Å². The van der Waals surface area contributed by atoms with E-state index in [9.17, 15) is 9.35 Å². The molecule has 4 rings (SSSR count). The molecule has 2 heterocycles. The number of hydrogen-bond acceptors (Lipinski definition) is 6. The number of carbonyl (C=O) groups is 1. The summed E-state index contributed by atoms with van der Waals surface area (Å²) in [5.41, 5.74) is 2.17. The van der Waals surface area contributed by atoms with Crippen molar-refractivity contribution in [2.45, 2.75) is 56.6 Å². The van der Waals surface area contributed by atoms with E-state index >= 15 is 8.78 Å². The largest absolute Gasteiger partial charge is 0.593 e. The zero-order valence-electron chi connectivity index (χ0n) is 22.3. The lowest BCUT2D eigenvalue weighted by molar-refractivity contribution is 0.0333. The van der Waals surface area contributed by atoms with Crippen LogP contribution in [0.2, 0.25) is 0 Å². The van der Waals surface area contributed by atoms with Gasteiger partial charge in [-0.1, -0.05) is 31.2 Å². The molecule has 2 saturated heterocycles. The Hall–Kier alpha value is -2.24. The Balaban J connectivity index is 1.48. The molecule has 3 atom stereocenters. The number of likely N-dealkylation sites (tertiary alicyclic amines) is 1. The molecule has 2 fully saturated rings. The lowest BCUT2D eigenvalue weighted by atomic mass is 9.99. The summed E-state index contributed by atoms with van der Waals surface area (Å²) in [4.78, 5) is 15.1. The molecule has 0 bridgehead atoms. The minimum atomic E-state index is -3.61. The van der Waals surface area contributed by atoms with Crippen molar-refractivity contribution < 1.29 is 32.3 Å². The molecule has 3 unspecified atom stereocenters. The van der Waals surface area contributed by atoms with E-state index in [0.717, 1.165) is 17.5 Å². The molecule has 0 N–H and O–H groups in total. The maximum Gasteiger partial charge on any atom is 0.453 e. The Bertz CT molecular complexity index is 1110. The van der Waals surface area contributed by atoms with Crippen LogP contribution in [0.3, 0.4) is 0 Å². The van der Waals surface area contributed by atoms with Crippen LogP contribution in [0.1, 0.15) is 46.8 Å². The van der Waals surface area contributed by atoms with Crippen molar-refractivity contribution in [1.82, 2.24) is 9.21 Å². The second kappa shape index (κ2) is 12.3. The molecule has 0 aromatic heterocycles. The lowest BCUT2D eigenvalue weighted by Crippen LogP contribution is -2.46. The number of rotatable bonds is 9. The minimum absolute atomic E-state index is 0.0973. The van der Waals surface area contributed by atoms with Gasteiger partial charge in [-0.05, 0) is 55.5 Å². The van der Waals surface area contributed by atoms with Gasteiger partial charge in [0.1, 0.15) is 29.3 Å². The summed E-state index contributed by atoms with van der Waals surface area (Å²) in [5.74, 6) is 0.110. The zero-order chi connectivity index (χ0) is 27.4. The average molecular weight is 551 g/mol. The predicted molar refractivity (Wildman–Crippen MR) is 142 cm³/mol. The molecule has 7 nitrogen and oxygen atoms in total. The molecular weight excluding hydrogens is 514 g/mol. The van der Waals surface area contributed by atoms with E-state index in [1.165, 1.54) is 29.6 Å². The molecule has 208 valence electrons. The summed E-state index contributed by atoms with van der Waals surface area (Å²) in [6.45, 7) is 5.44. The normalized spacial score (nSPS) is 21.6. The number of aryl methyl sites for hydroxylation is 2. The van der Waals surface area contributed by atoms with Crippen molar-refractivity contribution in [3.63, 3.8) is 0 Å². The Morgan fingerprint density at radius 2 is 1.87 bits per heavy atom. The SMILES string of the molecule is CCc1cccc(C)c1C(=O)N1CC(OC)C(Oc2cccc(C(F)(F)[S+]([O-])N(C)C3CCOCC3)c2)C1. The van der Waals surface area contributed by atoms with Crippen molar-refractivity contribution in [1.29, 1.82) is 0 Å². The number of carbonyl (C=O) groups excluding carboxylic acids is 1. The molecule has 10 heteroatoms. The predicted octanol–water partition coefficient (Wildman–Crippen LogP) is 4.30. The molecule has 2 aromatic rings. The van der Waals surface area contributed by atoms with Crippen molar-refractivity contribution >= 4 is 17.3 Å². The summed E-state index contributed by atoms with van der Waals surface area (Å²) < 4.78 is 61.8. The number of amides is 1. The first-order valence-electron chi connectivity index (χ1n) is 13.0. The van der Waals surface area contributed by atoms with Gasteiger partial charge in [-0.25, -0.2) is 0 Å². The van der Waals surface area contributed by atoms with Gasteiger partial charge in [0.25, 0.3) is 5.91 Å². The van der Waals surface area contributed by atoms with Crippen LogP contribution in [0, 0.1) is 6.92 Å². The Kier molecular flexibility index (Phi) is 9.31. The van der Waals surface area contributed by atoms with Gasteiger partial charge in [-0.2, -0.15) is 0 Å². The highest BCUT2D eigenvalue weighted by Gasteiger charge is 2.51. The molecule has 2 aromatic carbocycles. The molecule has 2 aliphatic rings. The number of ether oxygens (including phenoxy) is 3. The monoisotopic (exact) mass is 550 g/mol. The van der Waals surface area contributed by atoms with Gasteiger partial charge in [0.05, 0.1) is 24.7 Å². The summed E-state index contributed by atoms with van der Waals surface area (Å²) in [6, 6.07) is 11.1. The Morgan fingerprint density at radius 1 is 1.18 bits per heavy atom. The smallest absolute Gasteiger partial charge is 0.453 e. The number of methoxy groups -OCH3 is 1. The highest BCUT2D eigenvalue weighted by molar-refractivity contribution is 7.89. The Labute approximate surface area is 226 Å². The summed E-state index contributed by atoms with van der Waals surface area (Å²) in [6.07, 6.45) is 0.873. The van der Waals surface area contributed by atoms with Gasteiger partial charge in [0, 0.05) is 32.9 Å². The summed E-state index contributed by atoms with van der Waals surface area (Å²) >= 11 is -2.57. The number of hydrogen-bond donors (Lipinski definition) is 0. The third-order valence-electron chi connectivity index (χ3n) is 7.40. The summed E-state index contributed by atoms with van der Waals surface area (Å²) in [5, 5.41) is -3.61. The fourth-order valence-corrected chi connectivity index (χ4v) is 6.30. The van der Waals surface area contributed by atoms with E-state index in [2.05, 4.69) is 0 Å². The maximum absolute atomic E-state index is 15.3. The maximum atomic E-state index is 15.3. The van der Waals surface area contributed by atoms with E-state index < -0.39 is 28.8 Å². The van der Waals surface area contributed by atoms with Crippen molar-refractivity contribution in [3.05, 3.63) is 64.7 Å². The van der Waals surface area contributed by atoms with Crippen LogP contribution < -0.4 is 4.74 Å². The molecule has 2 aliphatic heterocycles. The van der Waals surface area contributed by atoms with Gasteiger partial charge in [0.2, 0.25) is 0 Å². The molecule has 0 saturated carbocycles. The van der Waals surface area contributed by atoms with Crippen LogP contribution in [0.25, 0.3) is 0 Å². The minimum Gasteiger partial charge on any atom is -0.593 e. The van der Waals surface area contributed by atoms with E-state index in [1.807, 2.05) is 32.0 Å². The van der Waals surface area contributed by atoms with Crippen LogP contribution in [-0.4, -0.2) is 78.4 Å². The fraction of sp³-hybridized carbons (Fsp3) is 0.536. The first kappa shape index (κ1) is 28.8. The second-order valence-electron chi connectivity index (χ2n) is 9.79. The van der Waals surface area contributed by atoms with Crippen LogP contribution in [0.5, 0.6) is 5.75 Å². The number of alkyl halides is 2. The van der Waals surface area contributed by atoms with Crippen LogP contribution in [0.15, 0.2) is 42.5 Å². The van der Waals surface area contributed by atoms with Gasteiger partial charge in [-0.15, -0.1) is 13.1 Å². The number of halogens is 2. The molecular formula is C28H36F2N2O5S. The van der Waals surface area contributed by atoms with Gasteiger partial charge >= 0.3 is 5.25 Å². The Morgan fingerprint density at radius 3 is 2.55 bits per heavy atom. The van der Waals surface area contributed by atoms with Crippen molar-refractivity contribution in [2.24, 2.45) is 0 Å². The van der Waals surface area contributed by atoms with E-state index in [0.29, 0.717) is 38.2 Å². The quantitative estimate of drug-likeness (QED) is 0.434. The standard InChI is InChI=1S/C28H36F2N2O5S/c1-5-20-9-6-8-19(2)26(20)27(33)32-17-24(35-4)25(18-32)37-23-11-7-10-21(16-23)28(29,30)38(34)31(3)22-12-14-36-15-13-22/h6-11,16,22,24-25H,5,12-15,17-18H2,1-4H3. The van der Waals surface area contributed by atoms with Crippen molar-refractivity contribution in [2.75, 3.05) is 40.5 Å².